The van der Waals surface area contributed by atoms with E-state index in [9.17, 15) is 4.79 Å². The highest BCUT2D eigenvalue weighted by molar-refractivity contribution is 7.10. The molecule has 1 aliphatic rings. The molecule has 0 unspecified atom stereocenters. The van der Waals surface area contributed by atoms with Crippen LogP contribution in [0.5, 0.6) is 0 Å². The average molecular weight is 304 g/mol. The smallest absolute Gasteiger partial charge is 0.255 e. The number of nitrogens with zero attached hydrogens (tertiary/aromatic N) is 2. The Morgan fingerprint density at radius 2 is 2.38 bits per heavy atom. The molecule has 0 spiro atoms. The molecular formula is C16H20N2O2S. The normalized spacial score (nSPS) is 17.6. The molecule has 2 aromatic heterocycles. The maximum atomic E-state index is 12.6. The molecule has 0 radical (unpaired) electrons. The van der Waals surface area contributed by atoms with Crippen molar-refractivity contribution in [3.63, 3.8) is 0 Å². The van der Waals surface area contributed by atoms with Crippen molar-refractivity contribution in [1.29, 1.82) is 0 Å². The van der Waals surface area contributed by atoms with Crippen LogP contribution in [0.4, 0.5) is 0 Å². The summed E-state index contributed by atoms with van der Waals surface area (Å²) < 4.78 is 5.05. The Bertz CT molecular complexity index is 659. The second-order valence-electron chi connectivity index (χ2n) is 5.99. The van der Waals surface area contributed by atoms with Crippen molar-refractivity contribution < 1.29 is 9.32 Å². The molecular weight excluding hydrogens is 284 g/mol. The van der Waals surface area contributed by atoms with Crippen LogP contribution in [0.1, 0.15) is 45.6 Å². The first-order valence-electron chi connectivity index (χ1n) is 7.31. The Morgan fingerprint density at radius 3 is 3.10 bits per heavy atom. The third-order valence-electron chi connectivity index (χ3n) is 4.05. The zero-order valence-electron chi connectivity index (χ0n) is 12.7. The highest BCUT2D eigenvalue weighted by Gasteiger charge is 2.25. The van der Waals surface area contributed by atoms with Crippen molar-refractivity contribution in [3.8, 4) is 0 Å². The van der Waals surface area contributed by atoms with E-state index in [1.807, 2.05) is 25.4 Å². The molecule has 1 aliphatic carbocycles. The zero-order chi connectivity index (χ0) is 15.0. The number of carbonyl (C=O) groups is 1. The second kappa shape index (κ2) is 5.64. The molecule has 0 saturated heterocycles. The minimum absolute atomic E-state index is 0.0858. The Morgan fingerprint density at radius 1 is 1.57 bits per heavy atom. The van der Waals surface area contributed by atoms with Gasteiger partial charge in [0.15, 0.2) is 0 Å². The predicted octanol–water partition coefficient (Wildman–Crippen LogP) is 3.44. The monoisotopic (exact) mass is 304 g/mol. The first kappa shape index (κ1) is 14.3. The lowest BCUT2D eigenvalue weighted by Crippen LogP contribution is -2.27. The molecule has 112 valence electrons. The summed E-state index contributed by atoms with van der Waals surface area (Å²) in [6.45, 7) is 4.62. The van der Waals surface area contributed by atoms with Gasteiger partial charge in [0.05, 0.1) is 12.1 Å². The van der Waals surface area contributed by atoms with Crippen LogP contribution in [0, 0.1) is 12.8 Å². The minimum Gasteiger partial charge on any atom is -0.361 e. The summed E-state index contributed by atoms with van der Waals surface area (Å²) >= 11 is 1.73. The molecule has 21 heavy (non-hydrogen) atoms. The number of hydrogen-bond donors (Lipinski definition) is 0. The fourth-order valence-corrected chi connectivity index (χ4v) is 4.11. The van der Waals surface area contributed by atoms with Crippen LogP contribution < -0.4 is 0 Å². The van der Waals surface area contributed by atoms with Gasteiger partial charge in [0.1, 0.15) is 11.5 Å². The second-order valence-corrected chi connectivity index (χ2v) is 6.95. The number of thiophene rings is 1. The van der Waals surface area contributed by atoms with Crippen molar-refractivity contribution in [2.75, 3.05) is 7.05 Å². The van der Waals surface area contributed by atoms with Gasteiger partial charge < -0.3 is 9.42 Å². The van der Waals surface area contributed by atoms with E-state index >= 15 is 0 Å². The Hall–Kier alpha value is -1.62. The van der Waals surface area contributed by atoms with E-state index in [4.69, 9.17) is 4.52 Å². The summed E-state index contributed by atoms with van der Waals surface area (Å²) in [5, 5.41) is 5.97. The standard InChI is InChI=1S/C16H20N2O2S/c1-10-4-5-13-14(9-21-15(13)6-10)16(19)18(3)8-12-7-11(2)20-17-12/h7,9-10H,4-6,8H2,1-3H3/t10-/m1/s1. The average Bonchev–Trinajstić information content (AvgIpc) is 3.03. The molecule has 0 N–H and O–H groups in total. The number of aromatic nitrogens is 1. The third-order valence-corrected chi connectivity index (χ3v) is 5.11. The van der Waals surface area contributed by atoms with Crippen LogP contribution >= 0.6 is 11.3 Å². The number of amides is 1. The van der Waals surface area contributed by atoms with E-state index in [1.165, 1.54) is 16.9 Å². The van der Waals surface area contributed by atoms with E-state index in [1.54, 1.807) is 16.2 Å². The first-order chi connectivity index (χ1) is 10.0. The molecule has 0 saturated carbocycles. The summed E-state index contributed by atoms with van der Waals surface area (Å²) in [5.74, 6) is 1.59. The van der Waals surface area contributed by atoms with Gasteiger partial charge in [0, 0.05) is 23.4 Å². The third kappa shape index (κ3) is 2.88. The van der Waals surface area contributed by atoms with Crippen LogP contribution in [-0.2, 0) is 19.4 Å². The van der Waals surface area contributed by atoms with Crippen molar-refractivity contribution in [3.05, 3.63) is 38.9 Å². The van der Waals surface area contributed by atoms with Gasteiger partial charge in [-0.1, -0.05) is 12.1 Å². The SMILES string of the molecule is Cc1cc(CN(C)C(=O)c2csc3c2CC[C@@H](C)C3)no1. The van der Waals surface area contributed by atoms with Gasteiger partial charge in [-0.2, -0.15) is 0 Å². The maximum Gasteiger partial charge on any atom is 0.255 e. The molecule has 0 aromatic carbocycles. The van der Waals surface area contributed by atoms with Crippen molar-refractivity contribution in [2.45, 2.75) is 39.7 Å². The molecule has 1 atom stereocenters. The lowest BCUT2D eigenvalue weighted by molar-refractivity contribution is 0.0781. The number of hydrogen-bond acceptors (Lipinski definition) is 4. The molecule has 2 heterocycles. The summed E-state index contributed by atoms with van der Waals surface area (Å²) in [4.78, 5) is 15.8. The number of rotatable bonds is 3. The van der Waals surface area contributed by atoms with Crippen LogP contribution in [-0.4, -0.2) is 23.0 Å². The van der Waals surface area contributed by atoms with Gasteiger partial charge in [-0.3, -0.25) is 4.79 Å². The van der Waals surface area contributed by atoms with Crippen LogP contribution in [0.3, 0.4) is 0 Å². The van der Waals surface area contributed by atoms with E-state index in [0.29, 0.717) is 6.54 Å². The summed E-state index contributed by atoms with van der Waals surface area (Å²) in [6, 6.07) is 1.87. The van der Waals surface area contributed by atoms with Gasteiger partial charge in [-0.05, 0) is 37.7 Å². The van der Waals surface area contributed by atoms with Crippen molar-refractivity contribution >= 4 is 17.2 Å². The number of aryl methyl sites for hydroxylation is 1. The summed E-state index contributed by atoms with van der Waals surface area (Å²) in [5.41, 5.74) is 2.94. The number of fused-ring (bicyclic) bond motifs is 1. The molecule has 0 fully saturated rings. The van der Waals surface area contributed by atoms with Crippen LogP contribution in [0.15, 0.2) is 16.0 Å². The summed E-state index contributed by atoms with van der Waals surface area (Å²) in [7, 11) is 1.82. The van der Waals surface area contributed by atoms with Crippen molar-refractivity contribution in [2.24, 2.45) is 5.92 Å². The first-order valence-corrected chi connectivity index (χ1v) is 8.19. The lowest BCUT2D eigenvalue weighted by atomic mass is 9.88. The maximum absolute atomic E-state index is 12.6. The van der Waals surface area contributed by atoms with E-state index in [2.05, 4.69) is 12.1 Å². The van der Waals surface area contributed by atoms with Gasteiger partial charge >= 0.3 is 0 Å². The lowest BCUT2D eigenvalue weighted by Gasteiger charge is -2.20. The Kier molecular flexibility index (Phi) is 3.85. The highest BCUT2D eigenvalue weighted by Crippen LogP contribution is 2.33. The summed E-state index contributed by atoms with van der Waals surface area (Å²) in [6.07, 6.45) is 3.31. The van der Waals surface area contributed by atoms with E-state index in [0.717, 1.165) is 35.8 Å². The topological polar surface area (TPSA) is 46.3 Å². The van der Waals surface area contributed by atoms with Crippen molar-refractivity contribution in [1.82, 2.24) is 10.1 Å². The molecule has 0 aliphatic heterocycles. The predicted molar refractivity (Wildman–Crippen MR) is 82.5 cm³/mol. The van der Waals surface area contributed by atoms with Gasteiger partial charge in [-0.15, -0.1) is 11.3 Å². The molecule has 2 aromatic rings. The minimum atomic E-state index is 0.0858. The van der Waals surface area contributed by atoms with Gasteiger partial charge in [0.25, 0.3) is 5.91 Å². The van der Waals surface area contributed by atoms with E-state index < -0.39 is 0 Å². The van der Waals surface area contributed by atoms with Crippen LogP contribution in [0.2, 0.25) is 0 Å². The fourth-order valence-electron chi connectivity index (χ4n) is 2.87. The quantitative estimate of drug-likeness (QED) is 0.872. The zero-order valence-corrected chi connectivity index (χ0v) is 13.5. The molecule has 1 amide bonds. The fraction of sp³-hybridized carbons (Fsp3) is 0.500. The largest absolute Gasteiger partial charge is 0.361 e. The Balaban J connectivity index is 1.76. The molecule has 3 rings (SSSR count). The van der Waals surface area contributed by atoms with Gasteiger partial charge in [-0.25, -0.2) is 0 Å². The molecule has 4 nitrogen and oxygen atoms in total. The molecule has 0 bridgehead atoms. The molecule has 5 heteroatoms. The van der Waals surface area contributed by atoms with Gasteiger partial charge in [0.2, 0.25) is 0 Å². The van der Waals surface area contributed by atoms with E-state index in [-0.39, 0.29) is 5.91 Å². The number of carbonyl (C=O) groups excluding carboxylic acids is 1. The van der Waals surface area contributed by atoms with Crippen LogP contribution in [0.25, 0.3) is 0 Å². The Labute approximate surface area is 128 Å². The highest BCUT2D eigenvalue weighted by atomic mass is 32.1.